The number of hydrogen-bond acceptors (Lipinski definition) is 3. The van der Waals surface area contributed by atoms with Crippen molar-refractivity contribution < 1.29 is 9.90 Å². The molecule has 41 heavy (non-hydrogen) atoms. The number of H-pyrrole nitrogens is 1. The maximum absolute atomic E-state index is 13.4. The first-order chi connectivity index (χ1) is 20.0. The molecular weight excluding hydrogens is 512 g/mol. The summed E-state index contributed by atoms with van der Waals surface area (Å²) in [7, 11) is 0. The number of nitrogens with zero attached hydrogens (tertiary/aromatic N) is 3. The molecule has 1 fully saturated rings. The first kappa shape index (κ1) is 26.8. The van der Waals surface area contributed by atoms with Gasteiger partial charge in [0, 0.05) is 44.2 Å². The van der Waals surface area contributed by atoms with Gasteiger partial charge in [0.15, 0.2) is 0 Å². The lowest BCUT2D eigenvalue weighted by Gasteiger charge is -2.45. The lowest BCUT2D eigenvalue weighted by Crippen LogP contribution is -2.53. The van der Waals surface area contributed by atoms with Crippen molar-refractivity contribution in [3.05, 3.63) is 119 Å². The van der Waals surface area contributed by atoms with Crippen LogP contribution in [0.5, 0.6) is 0 Å². The zero-order valence-corrected chi connectivity index (χ0v) is 23.3. The molecule has 7 nitrogen and oxygen atoms in total. The molecule has 1 aliphatic rings. The molecule has 0 bridgehead atoms. The van der Waals surface area contributed by atoms with Gasteiger partial charge in [0.05, 0.1) is 11.0 Å². The molecule has 3 atom stereocenters. The van der Waals surface area contributed by atoms with Crippen molar-refractivity contribution in [2.45, 2.75) is 44.9 Å². The monoisotopic (exact) mass is 548 g/mol. The number of hydrogen-bond donors (Lipinski definition) is 2. The van der Waals surface area contributed by atoms with Crippen LogP contribution in [0.2, 0.25) is 0 Å². The average Bonchev–Trinajstić information content (AvgIpc) is 3.33. The predicted octanol–water partition coefficient (Wildman–Crippen LogP) is 6.50. The van der Waals surface area contributed by atoms with E-state index in [1.165, 1.54) is 26.8 Å². The van der Waals surface area contributed by atoms with Crippen molar-refractivity contribution in [3.63, 3.8) is 0 Å². The third-order valence-corrected chi connectivity index (χ3v) is 8.71. The summed E-state index contributed by atoms with van der Waals surface area (Å²) in [5, 5.41) is 12.4. The summed E-state index contributed by atoms with van der Waals surface area (Å²) in [4.78, 5) is 32.7. The number of para-hydroxylation sites is 2. The summed E-state index contributed by atoms with van der Waals surface area (Å²) in [6.45, 7) is 4.40. The number of aromatic nitrogens is 2. The second kappa shape index (κ2) is 11.6. The molecule has 0 radical (unpaired) electrons. The molecule has 210 valence electrons. The zero-order valence-electron chi connectivity index (χ0n) is 23.3. The van der Waals surface area contributed by atoms with E-state index in [0.717, 1.165) is 24.0 Å². The molecule has 0 saturated carbocycles. The van der Waals surface area contributed by atoms with E-state index in [2.05, 4.69) is 83.5 Å². The number of rotatable bonds is 8. The van der Waals surface area contributed by atoms with Crippen LogP contribution in [0.1, 0.15) is 36.9 Å². The standard InChI is InChI=1S/C34H36N4O3/c1-2-30(28-23-36(34(40)41)20-19-31(28)38-32-18-9-8-17-29(32)35-33(38)39)37(21-24-11-4-3-5-12-24)22-26-15-10-14-25-13-6-7-16-27(25)26/h3-18,28,30-31H,2,19-23H2,1H3,(H,35,39)(H,40,41). The van der Waals surface area contributed by atoms with E-state index >= 15 is 0 Å². The molecule has 2 heterocycles. The van der Waals surface area contributed by atoms with Crippen molar-refractivity contribution in [1.29, 1.82) is 0 Å². The van der Waals surface area contributed by atoms with Crippen LogP contribution in [0.25, 0.3) is 21.8 Å². The fourth-order valence-corrected chi connectivity index (χ4v) is 6.83. The summed E-state index contributed by atoms with van der Waals surface area (Å²) in [5.74, 6) is -0.0829. The summed E-state index contributed by atoms with van der Waals surface area (Å²) >= 11 is 0. The van der Waals surface area contributed by atoms with Gasteiger partial charge in [0.25, 0.3) is 0 Å². The number of amides is 1. The third kappa shape index (κ3) is 5.37. The van der Waals surface area contributed by atoms with Crippen molar-refractivity contribution in [2.24, 2.45) is 5.92 Å². The summed E-state index contributed by atoms with van der Waals surface area (Å²) in [6, 6.07) is 33.0. The number of nitrogens with one attached hydrogen (secondary N) is 1. The molecule has 7 heteroatoms. The van der Waals surface area contributed by atoms with Gasteiger partial charge in [-0.2, -0.15) is 0 Å². The highest BCUT2D eigenvalue weighted by Crippen LogP contribution is 2.37. The Morgan fingerprint density at radius 3 is 2.49 bits per heavy atom. The van der Waals surface area contributed by atoms with Crippen LogP contribution in [0, 0.1) is 5.92 Å². The van der Waals surface area contributed by atoms with Gasteiger partial charge in [0.1, 0.15) is 0 Å². The second-order valence-corrected chi connectivity index (χ2v) is 11.1. The molecule has 0 aliphatic carbocycles. The predicted molar refractivity (Wildman–Crippen MR) is 163 cm³/mol. The van der Waals surface area contributed by atoms with Crippen LogP contribution in [0.3, 0.4) is 0 Å². The molecule has 5 aromatic rings. The number of carbonyl (C=O) groups is 1. The summed E-state index contributed by atoms with van der Waals surface area (Å²) < 4.78 is 1.89. The van der Waals surface area contributed by atoms with Gasteiger partial charge in [-0.3, -0.25) is 9.47 Å². The topological polar surface area (TPSA) is 81.6 Å². The third-order valence-electron chi connectivity index (χ3n) is 8.71. The first-order valence-corrected chi connectivity index (χ1v) is 14.4. The lowest BCUT2D eigenvalue weighted by atomic mass is 9.83. The van der Waals surface area contributed by atoms with Gasteiger partial charge >= 0.3 is 11.8 Å². The number of imidazole rings is 1. The van der Waals surface area contributed by atoms with E-state index in [1.54, 1.807) is 0 Å². The quantitative estimate of drug-likeness (QED) is 0.232. The molecule has 1 amide bonds. The van der Waals surface area contributed by atoms with Gasteiger partial charge in [-0.15, -0.1) is 0 Å². The van der Waals surface area contributed by atoms with E-state index in [9.17, 15) is 14.7 Å². The Labute approximate surface area is 239 Å². The Morgan fingerprint density at radius 2 is 1.68 bits per heavy atom. The average molecular weight is 549 g/mol. The smallest absolute Gasteiger partial charge is 0.407 e. The fraction of sp³-hybridized carbons (Fsp3) is 0.294. The second-order valence-electron chi connectivity index (χ2n) is 11.1. The molecule has 3 unspecified atom stereocenters. The molecule has 4 aromatic carbocycles. The summed E-state index contributed by atoms with van der Waals surface area (Å²) in [5.41, 5.74) is 3.99. The van der Waals surface area contributed by atoms with Gasteiger partial charge < -0.3 is 15.0 Å². The lowest BCUT2D eigenvalue weighted by molar-refractivity contribution is 0.0343. The number of carboxylic acid groups (broad SMARTS) is 1. The molecule has 0 spiro atoms. The Hall–Kier alpha value is -4.36. The van der Waals surface area contributed by atoms with Crippen molar-refractivity contribution in [2.75, 3.05) is 13.1 Å². The first-order valence-electron chi connectivity index (χ1n) is 14.4. The largest absolute Gasteiger partial charge is 0.465 e. The summed E-state index contributed by atoms with van der Waals surface area (Å²) in [6.07, 6.45) is 0.504. The zero-order chi connectivity index (χ0) is 28.3. The molecule has 2 N–H and O–H groups in total. The van der Waals surface area contributed by atoms with Crippen LogP contribution < -0.4 is 5.69 Å². The Morgan fingerprint density at radius 1 is 0.951 bits per heavy atom. The van der Waals surface area contributed by atoms with E-state index in [-0.39, 0.29) is 23.7 Å². The normalized spacial score (nSPS) is 18.2. The van der Waals surface area contributed by atoms with Crippen LogP contribution in [-0.2, 0) is 13.1 Å². The van der Waals surface area contributed by atoms with Crippen LogP contribution in [-0.4, -0.2) is 49.7 Å². The molecule has 1 aromatic heterocycles. The van der Waals surface area contributed by atoms with E-state index in [4.69, 9.17) is 0 Å². The van der Waals surface area contributed by atoms with Gasteiger partial charge in [0.2, 0.25) is 0 Å². The number of fused-ring (bicyclic) bond motifs is 2. The van der Waals surface area contributed by atoms with Crippen LogP contribution in [0.4, 0.5) is 4.79 Å². The van der Waals surface area contributed by atoms with Crippen molar-refractivity contribution in [1.82, 2.24) is 19.4 Å². The minimum absolute atomic E-state index is 0.0295. The molecule has 1 saturated heterocycles. The van der Waals surface area contributed by atoms with E-state index in [1.807, 2.05) is 34.9 Å². The van der Waals surface area contributed by atoms with E-state index < -0.39 is 6.09 Å². The van der Waals surface area contributed by atoms with Gasteiger partial charge in [-0.1, -0.05) is 91.9 Å². The Balaban J connectivity index is 1.44. The Kier molecular flexibility index (Phi) is 7.61. The minimum atomic E-state index is -0.904. The van der Waals surface area contributed by atoms with Crippen LogP contribution >= 0.6 is 0 Å². The van der Waals surface area contributed by atoms with Crippen LogP contribution in [0.15, 0.2) is 102 Å². The number of aromatic amines is 1. The number of piperidine rings is 1. The fourth-order valence-electron chi connectivity index (χ4n) is 6.83. The maximum Gasteiger partial charge on any atom is 0.407 e. The van der Waals surface area contributed by atoms with Crippen molar-refractivity contribution >= 4 is 27.9 Å². The minimum Gasteiger partial charge on any atom is -0.465 e. The highest BCUT2D eigenvalue weighted by Gasteiger charge is 2.40. The molecular formula is C34H36N4O3. The highest BCUT2D eigenvalue weighted by molar-refractivity contribution is 5.85. The van der Waals surface area contributed by atoms with Gasteiger partial charge in [-0.05, 0) is 46.9 Å². The number of likely N-dealkylation sites (tertiary alicyclic amines) is 1. The molecule has 1 aliphatic heterocycles. The highest BCUT2D eigenvalue weighted by atomic mass is 16.4. The SMILES string of the molecule is CCC(C1CN(C(=O)O)CCC1n1c(=O)[nH]c2ccccc21)N(Cc1ccccc1)Cc1cccc2ccccc12. The number of benzene rings is 4. The molecule has 6 rings (SSSR count). The van der Waals surface area contributed by atoms with E-state index in [0.29, 0.717) is 26.1 Å². The van der Waals surface area contributed by atoms with Gasteiger partial charge in [-0.25, -0.2) is 9.59 Å². The Bertz CT molecular complexity index is 1700. The van der Waals surface area contributed by atoms with Crippen molar-refractivity contribution in [3.8, 4) is 0 Å². The maximum atomic E-state index is 13.4.